The Morgan fingerprint density at radius 2 is 1.07 bits per heavy atom. The Balaban J connectivity index is 1.33. The predicted octanol–water partition coefficient (Wildman–Crippen LogP) is 9.57. The van der Waals surface area contributed by atoms with Crippen LogP contribution in [0.2, 0.25) is 0 Å². The minimum atomic E-state index is 0.498. The molecule has 0 amide bonds. The first-order chi connectivity index (χ1) is 21.2. The van der Waals surface area contributed by atoms with Crippen LogP contribution in [0.25, 0.3) is 55.3 Å². The predicted molar refractivity (Wildman–Crippen MR) is 180 cm³/mol. The van der Waals surface area contributed by atoms with Crippen molar-refractivity contribution < 1.29 is 0 Å². The van der Waals surface area contributed by atoms with Gasteiger partial charge in [0.2, 0.25) is 0 Å². The second kappa shape index (κ2) is 10.2. The van der Waals surface area contributed by atoms with Crippen LogP contribution < -0.4 is 5.32 Å². The SMILES string of the molecule is N=C1C=CC=C/C1=C1/NC=C(c2cc(-c3ccc4ccccc4c3)nc(-c3ccc4ccccc4c3)c2)c2ccccc21. The van der Waals surface area contributed by atoms with Gasteiger partial charge < -0.3 is 10.7 Å². The van der Waals surface area contributed by atoms with Crippen molar-refractivity contribution in [1.29, 1.82) is 5.41 Å². The summed E-state index contributed by atoms with van der Waals surface area (Å²) in [6, 6.07) is 42.8. The number of nitrogens with zero attached hydrogens (tertiary/aromatic N) is 1. The summed E-state index contributed by atoms with van der Waals surface area (Å²) >= 11 is 0. The van der Waals surface area contributed by atoms with Crippen molar-refractivity contribution in [2.24, 2.45) is 0 Å². The van der Waals surface area contributed by atoms with Crippen LogP contribution in [0.15, 0.2) is 157 Å². The smallest absolute Gasteiger partial charge is 0.0715 e. The molecule has 3 heteroatoms. The number of benzene rings is 5. The van der Waals surface area contributed by atoms with Crippen LogP contribution in [-0.2, 0) is 0 Å². The third kappa shape index (κ3) is 4.48. The molecule has 202 valence electrons. The number of hydrogen-bond donors (Lipinski definition) is 2. The standard InChI is InChI=1S/C40H27N3/c41-37-16-8-7-15-35(37)40-34-14-6-5-13-33(34)36(25-42-40)32-23-38(30-19-17-26-9-1-3-11-28(26)21-30)43-39(24-32)31-20-18-27-10-2-4-12-29(27)22-31/h1-25,41-42H/b40-35-,41-37?. The van der Waals surface area contributed by atoms with Crippen molar-refractivity contribution in [3.05, 3.63) is 174 Å². The second-order valence-corrected chi connectivity index (χ2v) is 10.9. The van der Waals surface area contributed by atoms with Crippen LogP contribution in [0.1, 0.15) is 16.7 Å². The summed E-state index contributed by atoms with van der Waals surface area (Å²) in [5, 5.41) is 16.9. The first-order valence-corrected chi connectivity index (χ1v) is 14.5. The molecule has 0 spiro atoms. The average Bonchev–Trinajstić information content (AvgIpc) is 3.07. The first-order valence-electron chi connectivity index (χ1n) is 14.5. The van der Waals surface area contributed by atoms with Gasteiger partial charge in [-0.25, -0.2) is 4.98 Å². The molecule has 43 heavy (non-hydrogen) atoms. The van der Waals surface area contributed by atoms with Crippen LogP contribution in [0.3, 0.4) is 0 Å². The molecule has 3 nitrogen and oxygen atoms in total. The third-order valence-electron chi connectivity index (χ3n) is 8.27. The lowest BCUT2D eigenvalue weighted by Gasteiger charge is -2.25. The molecule has 1 aliphatic heterocycles. The Bertz CT molecular complexity index is 2130. The summed E-state index contributed by atoms with van der Waals surface area (Å²) < 4.78 is 0. The molecule has 0 bridgehead atoms. The number of allylic oxidation sites excluding steroid dienone is 5. The van der Waals surface area contributed by atoms with Crippen molar-refractivity contribution in [2.75, 3.05) is 0 Å². The lowest BCUT2D eigenvalue weighted by molar-refractivity contribution is 1.17. The Morgan fingerprint density at radius 1 is 0.512 bits per heavy atom. The van der Waals surface area contributed by atoms with Gasteiger partial charge in [-0.2, -0.15) is 0 Å². The van der Waals surface area contributed by atoms with Gasteiger partial charge in [0.1, 0.15) is 0 Å². The van der Waals surface area contributed by atoms with Gasteiger partial charge in [0.15, 0.2) is 0 Å². The summed E-state index contributed by atoms with van der Waals surface area (Å²) in [6.45, 7) is 0. The zero-order valence-corrected chi connectivity index (χ0v) is 23.4. The molecule has 0 fully saturated rings. The largest absolute Gasteiger partial charge is 0.360 e. The summed E-state index contributed by atoms with van der Waals surface area (Å²) in [5.41, 5.74) is 10.7. The summed E-state index contributed by atoms with van der Waals surface area (Å²) in [6.07, 6.45) is 9.80. The Kier molecular flexibility index (Phi) is 5.94. The molecule has 0 saturated carbocycles. The average molecular weight is 550 g/mol. The molecule has 1 aromatic heterocycles. The molecule has 2 aliphatic rings. The van der Waals surface area contributed by atoms with Crippen molar-refractivity contribution >= 4 is 38.5 Å². The van der Waals surface area contributed by atoms with E-state index in [-0.39, 0.29) is 0 Å². The zero-order chi connectivity index (χ0) is 28.8. The number of rotatable bonds is 3. The molecule has 1 aliphatic carbocycles. The van der Waals surface area contributed by atoms with E-state index < -0.39 is 0 Å². The quantitative estimate of drug-likeness (QED) is 0.231. The molecule has 6 aromatic rings. The van der Waals surface area contributed by atoms with Gasteiger partial charge in [0.25, 0.3) is 0 Å². The molecule has 2 heterocycles. The van der Waals surface area contributed by atoms with E-state index in [2.05, 4.69) is 133 Å². The minimum absolute atomic E-state index is 0.498. The molecule has 0 unspecified atom stereocenters. The molecule has 8 rings (SSSR count). The van der Waals surface area contributed by atoms with Gasteiger partial charge in [-0.05, 0) is 63.0 Å². The van der Waals surface area contributed by atoms with E-state index in [1.165, 1.54) is 21.5 Å². The van der Waals surface area contributed by atoms with Gasteiger partial charge >= 0.3 is 0 Å². The van der Waals surface area contributed by atoms with E-state index in [1.54, 1.807) is 0 Å². The fourth-order valence-electron chi connectivity index (χ4n) is 6.08. The fourth-order valence-corrected chi connectivity index (χ4v) is 6.08. The maximum absolute atomic E-state index is 8.53. The van der Waals surface area contributed by atoms with E-state index >= 15 is 0 Å². The monoisotopic (exact) mass is 549 g/mol. The Hall–Kier alpha value is -5.80. The van der Waals surface area contributed by atoms with E-state index in [0.717, 1.165) is 56.0 Å². The number of pyridine rings is 1. The number of hydrogen-bond acceptors (Lipinski definition) is 3. The highest BCUT2D eigenvalue weighted by atomic mass is 14.9. The molecular weight excluding hydrogens is 522 g/mol. The molecule has 0 saturated heterocycles. The van der Waals surface area contributed by atoms with Gasteiger partial charge in [-0.3, -0.25) is 0 Å². The fraction of sp³-hybridized carbons (Fsp3) is 0. The van der Waals surface area contributed by atoms with E-state index in [9.17, 15) is 0 Å². The van der Waals surface area contributed by atoms with Gasteiger partial charge in [-0.15, -0.1) is 0 Å². The summed E-state index contributed by atoms with van der Waals surface area (Å²) in [5.74, 6) is 0. The minimum Gasteiger partial charge on any atom is -0.360 e. The number of aromatic nitrogens is 1. The van der Waals surface area contributed by atoms with Crippen LogP contribution in [0.5, 0.6) is 0 Å². The Labute approximate surface area is 250 Å². The summed E-state index contributed by atoms with van der Waals surface area (Å²) in [7, 11) is 0. The van der Waals surface area contributed by atoms with E-state index in [1.807, 2.05) is 24.3 Å². The van der Waals surface area contributed by atoms with Crippen molar-refractivity contribution in [2.45, 2.75) is 0 Å². The first kappa shape index (κ1) is 25.0. The van der Waals surface area contributed by atoms with E-state index in [4.69, 9.17) is 10.4 Å². The highest BCUT2D eigenvalue weighted by Gasteiger charge is 2.22. The van der Waals surface area contributed by atoms with E-state index in [0.29, 0.717) is 5.71 Å². The highest BCUT2D eigenvalue weighted by Crippen LogP contribution is 2.38. The topological polar surface area (TPSA) is 48.8 Å². The lowest BCUT2D eigenvalue weighted by atomic mass is 9.87. The normalized spacial score (nSPS) is 15.8. The zero-order valence-electron chi connectivity index (χ0n) is 23.4. The van der Waals surface area contributed by atoms with Crippen LogP contribution >= 0.6 is 0 Å². The maximum atomic E-state index is 8.53. The van der Waals surface area contributed by atoms with Crippen LogP contribution in [0.4, 0.5) is 0 Å². The molecule has 0 radical (unpaired) electrons. The van der Waals surface area contributed by atoms with Gasteiger partial charge in [0, 0.05) is 34.0 Å². The highest BCUT2D eigenvalue weighted by molar-refractivity contribution is 6.15. The number of nitrogens with one attached hydrogen (secondary N) is 2. The van der Waals surface area contributed by atoms with Gasteiger partial charge in [-0.1, -0.05) is 115 Å². The maximum Gasteiger partial charge on any atom is 0.0715 e. The van der Waals surface area contributed by atoms with Crippen molar-refractivity contribution in [3.8, 4) is 22.5 Å². The van der Waals surface area contributed by atoms with Crippen LogP contribution in [-0.4, -0.2) is 10.7 Å². The second-order valence-electron chi connectivity index (χ2n) is 10.9. The van der Waals surface area contributed by atoms with Gasteiger partial charge in [0.05, 0.1) is 22.8 Å². The molecular formula is C40H27N3. The van der Waals surface area contributed by atoms with Crippen molar-refractivity contribution in [1.82, 2.24) is 10.3 Å². The van der Waals surface area contributed by atoms with Crippen LogP contribution in [0, 0.1) is 5.41 Å². The Morgan fingerprint density at radius 3 is 1.70 bits per heavy atom. The molecule has 2 N–H and O–H groups in total. The molecule has 0 atom stereocenters. The molecule has 5 aromatic carbocycles. The third-order valence-corrected chi connectivity index (χ3v) is 8.27. The lowest BCUT2D eigenvalue weighted by Crippen LogP contribution is -2.18. The summed E-state index contributed by atoms with van der Waals surface area (Å²) in [4.78, 5) is 5.23. The number of fused-ring (bicyclic) bond motifs is 3. The van der Waals surface area contributed by atoms with Crippen molar-refractivity contribution in [3.63, 3.8) is 0 Å².